The molecule has 0 bridgehead atoms. The summed E-state index contributed by atoms with van der Waals surface area (Å²) in [6, 6.07) is 0. The van der Waals surface area contributed by atoms with Crippen molar-refractivity contribution in [3.05, 3.63) is 14.7 Å². The fraction of sp³-hybridized carbons (Fsp3) is 0.333. The SMILES string of the molecule is ClC1Nc2c(Br)csc2C(Cl)N1. The minimum atomic E-state index is -0.300. The lowest BCUT2D eigenvalue weighted by molar-refractivity contribution is 0.651. The first-order valence-corrected chi connectivity index (χ1v) is 5.80. The third-order valence-corrected chi connectivity index (χ3v) is 4.25. The third-order valence-electron chi connectivity index (χ3n) is 1.57. The molecule has 2 rings (SSSR count). The monoisotopic (exact) mass is 286 g/mol. The average Bonchev–Trinajstić information content (AvgIpc) is 2.33. The van der Waals surface area contributed by atoms with Gasteiger partial charge in [-0.1, -0.05) is 23.2 Å². The van der Waals surface area contributed by atoms with E-state index in [2.05, 4.69) is 26.6 Å². The summed E-state index contributed by atoms with van der Waals surface area (Å²) < 4.78 is 1.01. The Kier molecular flexibility index (Phi) is 2.53. The highest BCUT2D eigenvalue weighted by atomic mass is 79.9. The van der Waals surface area contributed by atoms with Crippen molar-refractivity contribution in [2.45, 2.75) is 11.1 Å². The van der Waals surface area contributed by atoms with Crippen LogP contribution in [-0.4, -0.2) is 5.62 Å². The van der Waals surface area contributed by atoms with Crippen LogP contribution in [0.1, 0.15) is 10.4 Å². The maximum absolute atomic E-state index is 6.01. The van der Waals surface area contributed by atoms with Crippen molar-refractivity contribution in [3.63, 3.8) is 0 Å². The maximum Gasteiger partial charge on any atom is 0.156 e. The molecule has 0 spiro atoms. The minimum absolute atomic E-state index is 0.194. The van der Waals surface area contributed by atoms with Gasteiger partial charge < -0.3 is 5.32 Å². The Morgan fingerprint density at radius 3 is 3.00 bits per heavy atom. The predicted molar refractivity (Wildman–Crippen MR) is 57.0 cm³/mol. The molecular formula is C6H5BrCl2N2S. The molecule has 0 fully saturated rings. The topological polar surface area (TPSA) is 24.1 Å². The van der Waals surface area contributed by atoms with Crippen molar-refractivity contribution >= 4 is 56.2 Å². The smallest absolute Gasteiger partial charge is 0.156 e. The van der Waals surface area contributed by atoms with E-state index in [0.29, 0.717) is 0 Å². The number of nitrogens with one attached hydrogen (secondary N) is 2. The van der Waals surface area contributed by atoms with E-state index in [1.807, 2.05) is 5.38 Å². The number of anilines is 1. The van der Waals surface area contributed by atoms with Gasteiger partial charge in [-0.2, -0.15) is 0 Å². The van der Waals surface area contributed by atoms with E-state index in [0.717, 1.165) is 15.0 Å². The van der Waals surface area contributed by atoms with Crippen molar-refractivity contribution in [3.8, 4) is 0 Å². The molecule has 0 aromatic carbocycles. The molecule has 0 radical (unpaired) electrons. The first-order chi connectivity index (χ1) is 5.68. The second-order valence-electron chi connectivity index (χ2n) is 2.36. The molecular weight excluding hydrogens is 283 g/mol. The average molecular weight is 288 g/mol. The van der Waals surface area contributed by atoms with Gasteiger partial charge in [-0.3, -0.25) is 5.32 Å². The molecule has 0 aliphatic carbocycles. The quantitative estimate of drug-likeness (QED) is 0.565. The Labute approximate surface area is 92.4 Å². The lowest BCUT2D eigenvalue weighted by atomic mass is 10.3. The van der Waals surface area contributed by atoms with E-state index in [4.69, 9.17) is 23.2 Å². The van der Waals surface area contributed by atoms with E-state index >= 15 is 0 Å². The molecule has 0 saturated heterocycles. The van der Waals surface area contributed by atoms with Gasteiger partial charge in [-0.15, -0.1) is 11.3 Å². The molecule has 1 aromatic rings. The van der Waals surface area contributed by atoms with Crippen molar-refractivity contribution in [1.29, 1.82) is 0 Å². The molecule has 1 aromatic heterocycles. The van der Waals surface area contributed by atoms with Gasteiger partial charge in [-0.25, -0.2) is 0 Å². The molecule has 12 heavy (non-hydrogen) atoms. The van der Waals surface area contributed by atoms with Crippen LogP contribution < -0.4 is 10.6 Å². The summed E-state index contributed by atoms with van der Waals surface area (Å²) in [6.45, 7) is 0. The highest BCUT2D eigenvalue weighted by Gasteiger charge is 2.25. The van der Waals surface area contributed by atoms with E-state index in [1.54, 1.807) is 11.3 Å². The van der Waals surface area contributed by atoms with E-state index in [9.17, 15) is 0 Å². The first-order valence-electron chi connectivity index (χ1n) is 3.26. The third kappa shape index (κ3) is 1.46. The number of thiophene rings is 1. The summed E-state index contributed by atoms with van der Waals surface area (Å²) in [4.78, 5) is 1.07. The van der Waals surface area contributed by atoms with Crippen LogP contribution in [0.25, 0.3) is 0 Å². The van der Waals surface area contributed by atoms with Crippen molar-refractivity contribution < 1.29 is 0 Å². The minimum Gasteiger partial charge on any atom is -0.355 e. The van der Waals surface area contributed by atoms with Crippen molar-refractivity contribution in [2.24, 2.45) is 0 Å². The Morgan fingerprint density at radius 1 is 1.50 bits per heavy atom. The summed E-state index contributed by atoms with van der Waals surface area (Å²) in [5.74, 6) is 0. The molecule has 2 nitrogen and oxygen atoms in total. The standard InChI is InChI=1S/C6H5BrCl2N2S/c7-2-1-12-4-3(2)10-6(9)11-5(4)8/h1,5-6,10-11H. The van der Waals surface area contributed by atoms with Gasteiger partial charge in [0.25, 0.3) is 0 Å². The Bertz CT molecular complexity index is 304. The number of rotatable bonds is 0. The van der Waals surface area contributed by atoms with E-state index < -0.39 is 0 Å². The zero-order chi connectivity index (χ0) is 8.72. The summed E-state index contributed by atoms with van der Waals surface area (Å²) in [5, 5.41) is 8.02. The lowest BCUT2D eigenvalue weighted by Gasteiger charge is -2.25. The molecule has 2 heterocycles. The Balaban J connectivity index is 2.43. The van der Waals surface area contributed by atoms with Crippen LogP contribution in [-0.2, 0) is 0 Å². The van der Waals surface area contributed by atoms with Crippen LogP contribution in [0, 0.1) is 0 Å². The highest BCUT2D eigenvalue weighted by Crippen LogP contribution is 2.41. The highest BCUT2D eigenvalue weighted by molar-refractivity contribution is 9.10. The van der Waals surface area contributed by atoms with Crippen molar-refractivity contribution in [2.75, 3.05) is 5.32 Å². The van der Waals surface area contributed by atoms with Gasteiger partial charge in [0.15, 0.2) is 5.62 Å². The van der Waals surface area contributed by atoms with Crippen LogP contribution in [0.2, 0.25) is 0 Å². The molecule has 6 heteroatoms. The number of fused-ring (bicyclic) bond motifs is 1. The Hall–Kier alpha value is 0.520. The summed E-state index contributed by atoms with van der Waals surface area (Å²) in [6.07, 6.45) is 0. The zero-order valence-corrected chi connectivity index (χ0v) is 9.69. The molecule has 66 valence electrons. The Morgan fingerprint density at radius 2 is 2.25 bits per heavy atom. The van der Waals surface area contributed by atoms with Gasteiger partial charge in [-0.05, 0) is 15.9 Å². The molecule has 0 amide bonds. The maximum atomic E-state index is 6.01. The van der Waals surface area contributed by atoms with Gasteiger partial charge in [0, 0.05) is 5.38 Å². The number of alkyl halides is 2. The lowest BCUT2D eigenvalue weighted by Crippen LogP contribution is -2.36. The second-order valence-corrected chi connectivity index (χ2v) is 5.00. The summed E-state index contributed by atoms with van der Waals surface area (Å²) in [7, 11) is 0. The number of hydrogen-bond acceptors (Lipinski definition) is 3. The predicted octanol–water partition coefficient (Wildman–Crippen LogP) is 3.29. The number of hydrogen-bond donors (Lipinski definition) is 2. The number of halogens is 3. The van der Waals surface area contributed by atoms with Crippen molar-refractivity contribution in [1.82, 2.24) is 5.32 Å². The molecule has 2 N–H and O–H groups in total. The van der Waals surface area contributed by atoms with Gasteiger partial charge in [0.05, 0.1) is 15.0 Å². The molecule has 1 aliphatic heterocycles. The van der Waals surface area contributed by atoms with E-state index in [-0.39, 0.29) is 11.1 Å². The van der Waals surface area contributed by atoms with Crippen LogP contribution >= 0.6 is 50.5 Å². The summed E-state index contributed by atoms with van der Waals surface area (Å²) >= 11 is 16.9. The van der Waals surface area contributed by atoms with Gasteiger partial charge in [0.1, 0.15) is 5.50 Å². The second kappa shape index (κ2) is 3.35. The first kappa shape index (κ1) is 9.09. The van der Waals surface area contributed by atoms with Gasteiger partial charge in [0.2, 0.25) is 0 Å². The fourth-order valence-electron chi connectivity index (χ4n) is 1.05. The van der Waals surface area contributed by atoms with Gasteiger partial charge >= 0.3 is 0 Å². The van der Waals surface area contributed by atoms with Crippen LogP contribution in [0.4, 0.5) is 5.69 Å². The molecule has 2 atom stereocenters. The van der Waals surface area contributed by atoms with Crippen LogP contribution in [0.3, 0.4) is 0 Å². The zero-order valence-electron chi connectivity index (χ0n) is 5.77. The fourth-order valence-corrected chi connectivity index (χ4v) is 3.30. The molecule has 2 unspecified atom stereocenters. The molecule has 1 aliphatic rings. The van der Waals surface area contributed by atoms with Crippen LogP contribution in [0.5, 0.6) is 0 Å². The van der Waals surface area contributed by atoms with Crippen LogP contribution in [0.15, 0.2) is 9.85 Å². The molecule has 0 saturated carbocycles. The largest absolute Gasteiger partial charge is 0.355 e. The summed E-state index contributed by atoms with van der Waals surface area (Å²) in [5.41, 5.74) is 0.504. The normalized spacial score (nSPS) is 27.9. The van der Waals surface area contributed by atoms with E-state index in [1.165, 1.54) is 0 Å².